The molecule has 0 spiro atoms. The second kappa shape index (κ2) is 53.9. The Balaban J connectivity index is -0.0000000876. The van der Waals surface area contributed by atoms with Crippen LogP contribution in [0.3, 0.4) is 0 Å². The zero-order valence-electron chi connectivity index (χ0n) is 35.0. The number of hydrogen-bond donors (Lipinski definition) is 0. The number of ketones is 6. The summed E-state index contributed by atoms with van der Waals surface area (Å²) in [7, 11) is 0. The third-order valence-corrected chi connectivity index (χ3v) is 6.36. The van der Waals surface area contributed by atoms with Crippen molar-refractivity contribution in [2.24, 2.45) is 0 Å². The topological polar surface area (TPSA) is 343 Å². The first-order chi connectivity index (χ1) is 26.4. The maximum Gasteiger partial charge on any atom is 3.00 e. The molecule has 18 nitrogen and oxygen atoms in total. The van der Waals surface area contributed by atoms with Gasteiger partial charge in [0.2, 0.25) is 0 Å². The first-order valence-corrected chi connectivity index (χ1v) is 18.7. The van der Waals surface area contributed by atoms with Crippen LogP contribution in [0.5, 0.6) is 0 Å². The fourth-order valence-corrected chi connectivity index (χ4v) is 3.51. The van der Waals surface area contributed by atoms with Gasteiger partial charge in [-0.05, 0) is 59.3 Å². The molecule has 0 N–H and O–H groups in total. The minimum Gasteiger partial charge on any atom is -0.550 e. The SMILES string of the molecule is CC(=O)CC(=O)C(=O)[O-].CC(=O)CC(=O)C(=O)[O-].CC(=O)CC(=O)C(=O)[O-].CCCCCCCC(=O)[O-].CCCCCCCC(=O)[O-].CCCCCCCC(=O)[O-].[Cr+3].[Cr+3]. The molecule has 0 unspecified atom stereocenters. The Labute approximate surface area is 368 Å². The van der Waals surface area contributed by atoms with Crippen LogP contribution < -0.4 is 30.6 Å². The zero-order valence-corrected chi connectivity index (χ0v) is 37.6. The zero-order chi connectivity index (χ0) is 45.8. The second-order valence-corrected chi connectivity index (χ2v) is 12.4. The largest absolute Gasteiger partial charge is 3.00 e. The second-order valence-electron chi connectivity index (χ2n) is 12.4. The van der Waals surface area contributed by atoms with E-state index in [4.69, 9.17) is 0 Å². The summed E-state index contributed by atoms with van der Waals surface area (Å²) in [6, 6.07) is 0. The van der Waals surface area contributed by atoms with E-state index in [-0.39, 0.29) is 54.0 Å². The molecular formula is C39H60Cr2O18. The molecule has 0 fully saturated rings. The first-order valence-electron chi connectivity index (χ1n) is 18.7. The van der Waals surface area contributed by atoms with Crippen LogP contribution in [-0.2, 0) is 92.3 Å². The standard InChI is InChI=1S/3C8H16O2.3C5H6O4.2Cr/c3*1-2-3-4-5-6-7-8(9)10;3*1-3(6)2-4(7)5(8)9;;/h3*2-7H2,1H3,(H,9,10);3*2H2,1H3,(H,8,9);;/q;;;;;;2*+3/p-6. The molecule has 336 valence electrons. The van der Waals surface area contributed by atoms with Gasteiger partial charge < -0.3 is 59.4 Å². The molecule has 0 aromatic carbocycles. The Kier molecular flexibility index (Phi) is 66.3. The van der Waals surface area contributed by atoms with E-state index in [1.807, 2.05) is 0 Å². The van der Waals surface area contributed by atoms with E-state index in [9.17, 15) is 88.2 Å². The maximum absolute atomic E-state index is 10.1. The van der Waals surface area contributed by atoms with Crippen molar-refractivity contribution >= 4 is 70.5 Å². The average molecular weight is 921 g/mol. The normalized spacial score (nSPS) is 8.85. The number of carboxylic acids is 6. The van der Waals surface area contributed by atoms with Gasteiger partial charge in [-0.1, -0.05) is 97.8 Å². The minimum absolute atomic E-state index is 0. The van der Waals surface area contributed by atoms with Crippen LogP contribution in [0.25, 0.3) is 0 Å². The van der Waals surface area contributed by atoms with Crippen LogP contribution in [0.1, 0.15) is 176 Å². The van der Waals surface area contributed by atoms with Gasteiger partial charge >= 0.3 is 34.7 Å². The smallest absolute Gasteiger partial charge is 0.550 e. The molecule has 0 saturated carbocycles. The summed E-state index contributed by atoms with van der Waals surface area (Å²) in [4.78, 5) is 119. The molecule has 59 heavy (non-hydrogen) atoms. The van der Waals surface area contributed by atoms with Crippen LogP contribution >= 0.6 is 0 Å². The van der Waals surface area contributed by atoms with Crippen LogP contribution in [0, 0.1) is 0 Å². The van der Waals surface area contributed by atoms with Crippen LogP contribution in [-0.4, -0.2) is 70.5 Å². The van der Waals surface area contributed by atoms with Crippen molar-refractivity contribution in [1.29, 1.82) is 0 Å². The summed E-state index contributed by atoms with van der Waals surface area (Å²) < 4.78 is 0. The average Bonchev–Trinajstić information content (AvgIpc) is 3.08. The predicted octanol–water partition coefficient (Wildman–Crippen LogP) is -1.86. The minimum atomic E-state index is -1.80. The van der Waals surface area contributed by atoms with Crippen molar-refractivity contribution in [3.8, 4) is 0 Å². The molecule has 0 aliphatic heterocycles. The molecule has 0 aliphatic rings. The monoisotopic (exact) mass is 920 g/mol. The van der Waals surface area contributed by atoms with E-state index in [0.29, 0.717) is 0 Å². The molecule has 0 atom stereocenters. The molecule has 0 bridgehead atoms. The van der Waals surface area contributed by atoms with E-state index >= 15 is 0 Å². The Morgan fingerprint density at radius 1 is 0.305 bits per heavy atom. The summed E-state index contributed by atoms with van der Waals surface area (Å²) in [6.07, 6.45) is 15.1. The van der Waals surface area contributed by atoms with Gasteiger partial charge in [0, 0.05) is 17.9 Å². The molecule has 0 saturated heterocycles. The Bertz CT molecular complexity index is 1080. The molecule has 0 amide bonds. The van der Waals surface area contributed by atoms with E-state index in [1.54, 1.807) is 0 Å². The number of unbranched alkanes of at least 4 members (excludes halogenated alkanes) is 12. The number of aliphatic carboxylic acids is 6. The van der Waals surface area contributed by atoms with Gasteiger partial charge in [0.05, 0.1) is 19.3 Å². The molecule has 0 aromatic rings. The summed E-state index contributed by atoms with van der Waals surface area (Å²) in [5, 5.41) is 58.6. The van der Waals surface area contributed by atoms with E-state index < -0.39 is 89.8 Å². The van der Waals surface area contributed by atoms with E-state index in [0.717, 1.165) is 78.6 Å². The fourth-order valence-electron chi connectivity index (χ4n) is 3.51. The number of Topliss-reactive ketones (excluding diaryl/α,β-unsaturated/α-hetero) is 6. The quantitative estimate of drug-likeness (QED) is 0.0495. The van der Waals surface area contributed by atoms with Gasteiger partial charge in [-0.25, -0.2) is 0 Å². The Hall–Kier alpha value is -4.10. The number of carbonyl (C=O) groups is 12. The number of hydrogen-bond acceptors (Lipinski definition) is 18. The van der Waals surface area contributed by atoms with Crippen molar-refractivity contribution in [2.45, 2.75) is 176 Å². The summed E-state index contributed by atoms with van der Waals surface area (Å²) >= 11 is 0. The molecule has 0 aliphatic carbocycles. The number of rotatable bonds is 27. The summed E-state index contributed by atoms with van der Waals surface area (Å²) in [6.45, 7) is 9.83. The van der Waals surface area contributed by atoms with Crippen LogP contribution in [0.15, 0.2) is 0 Å². The van der Waals surface area contributed by atoms with Crippen molar-refractivity contribution in [1.82, 2.24) is 0 Å². The fraction of sp³-hybridized carbons (Fsp3) is 0.692. The number of carbonyl (C=O) groups excluding carboxylic acids is 12. The third-order valence-electron chi connectivity index (χ3n) is 6.36. The van der Waals surface area contributed by atoms with Crippen LogP contribution in [0.2, 0.25) is 0 Å². The van der Waals surface area contributed by atoms with Gasteiger partial charge in [0.1, 0.15) is 35.3 Å². The van der Waals surface area contributed by atoms with Gasteiger partial charge in [-0.2, -0.15) is 0 Å². The Morgan fingerprint density at radius 2 is 0.475 bits per heavy atom. The maximum atomic E-state index is 10.1. The molecule has 0 rings (SSSR count). The van der Waals surface area contributed by atoms with Gasteiger partial charge in [0.15, 0.2) is 17.3 Å². The molecular weight excluding hydrogens is 860 g/mol. The summed E-state index contributed by atoms with van der Waals surface area (Å²) in [5.41, 5.74) is 0. The third kappa shape index (κ3) is 86.8. The Morgan fingerprint density at radius 3 is 0.576 bits per heavy atom. The van der Waals surface area contributed by atoms with E-state index in [2.05, 4.69) is 20.8 Å². The van der Waals surface area contributed by atoms with Crippen molar-refractivity contribution in [2.75, 3.05) is 0 Å². The van der Waals surface area contributed by atoms with Crippen LogP contribution in [0.4, 0.5) is 0 Å². The van der Waals surface area contributed by atoms with Gasteiger partial charge in [-0.3, -0.25) is 28.8 Å². The van der Waals surface area contributed by atoms with Gasteiger partial charge in [-0.15, -0.1) is 0 Å². The van der Waals surface area contributed by atoms with Crippen molar-refractivity contribution < 1.29 is 123 Å². The first kappa shape index (κ1) is 72.5. The van der Waals surface area contributed by atoms with Crippen molar-refractivity contribution in [3.05, 3.63) is 0 Å². The van der Waals surface area contributed by atoms with Crippen molar-refractivity contribution in [3.63, 3.8) is 0 Å². The molecule has 20 heteroatoms. The van der Waals surface area contributed by atoms with E-state index in [1.165, 1.54) is 38.5 Å². The van der Waals surface area contributed by atoms with Gasteiger partial charge in [0.25, 0.3) is 0 Å². The number of carboxylic acid groups (broad SMARTS) is 6. The predicted molar refractivity (Wildman–Crippen MR) is 191 cm³/mol. The summed E-state index contributed by atoms with van der Waals surface area (Å²) in [5.74, 6) is -13.1. The molecule has 0 heterocycles. The molecule has 0 aromatic heterocycles. The molecule has 2 radical (unpaired) electrons.